The average molecular weight is 400 g/mol. The molecule has 0 saturated carbocycles. The summed E-state index contributed by atoms with van der Waals surface area (Å²) in [5, 5.41) is 10.6. The summed E-state index contributed by atoms with van der Waals surface area (Å²) < 4.78 is 27.9. The summed E-state index contributed by atoms with van der Waals surface area (Å²) in [7, 11) is -4.98. The van der Waals surface area contributed by atoms with Crippen molar-refractivity contribution in [1.82, 2.24) is 0 Å². The Morgan fingerprint density at radius 1 is 1.56 bits per heavy atom. The van der Waals surface area contributed by atoms with E-state index in [1.54, 1.807) is 12.3 Å². The van der Waals surface area contributed by atoms with Gasteiger partial charge in [0.15, 0.2) is 18.5 Å². The number of primary amides is 1. The van der Waals surface area contributed by atoms with E-state index >= 15 is 0 Å². The topological polar surface area (TPSA) is 155 Å². The summed E-state index contributed by atoms with van der Waals surface area (Å²) in [6, 6.07) is 3.04. The number of aliphatic hydroxyl groups excluding tert-OH is 1. The van der Waals surface area contributed by atoms with Crippen molar-refractivity contribution in [1.29, 1.82) is 0 Å². The molecule has 10 nitrogen and oxygen atoms in total. The van der Waals surface area contributed by atoms with Crippen molar-refractivity contribution >= 4 is 13.7 Å². The molecule has 1 fully saturated rings. The van der Waals surface area contributed by atoms with E-state index in [1.165, 1.54) is 16.8 Å². The van der Waals surface area contributed by atoms with E-state index in [0.29, 0.717) is 12.8 Å². The Labute approximate surface area is 156 Å². The molecule has 2 heterocycles. The second-order valence-electron chi connectivity index (χ2n) is 5.87. The van der Waals surface area contributed by atoms with Crippen LogP contribution in [0.1, 0.15) is 29.4 Å². The monoisotopic (exact) mass is 400 g/mol. The highest BCUT2D eigenvalue weighted by atomic mass is 31.2. The van der Waals surface area contributed by atoms with E-state index in [2.05, 4.69) is 10.4 Å². The van der Waals surface area contributed by atoms with Crippen LogP contribution >= 0.6 is 7.82 Å². The van der Waals surface area contributed by atoms with Gasteiger partial charge in [0.1, 0.15) is 17.8 Å². The lowest BCUT2D eigenvalue weighted by Gasteiger charge is -2.22. The number of nitrogens with two attached hydrogens (primary N) is 1. The Kier molecular flexibility index (Phi) is 7.47. The van der Waals surface area contributed by atoms with Crippen LogP contribution in [0.5, 0.6) is 0 Å². The van der Waals surface area contributed by atoms with E-state index in [1.807, 2.05) is 0 Å². The molecule has 1 aliphatic rings. The summed E-state index contributed by atoms with van der Waals surface area (Å²) in [5.74, 6) is 1.79. The number of terminal acetylenes is 1. The van der Waals surface area contributed by atoms with Gasteiger partial charge >= 0.3 is 0 Å². The Hall–Kier alpha value is -1.83. The van der Waals surface area contributed by atoms with Gasteiger partial charge < -0.3 is 34.6 Å². The number of aliphatic hydroxyl groups is 1. The number of unbranched alkanes of at least 4 members (excludes halogenated alkanes) is 1. The second-order valence-corrected chi connectivity index (χ2v) is 7.06. The van der Waals surface area contributed by atoms with Gasteiger partial charge in [-0.2, -0.15) is 4.57 Å². The molecule has 1 saturated heterocycles. The minimum atomic E-state index is -4.98. The molecule has 11 heteroatoms. The number of rotatable bonds is 9. The zero-order valence-electron chi connectivity index (χ0n) is 14.3. The molecule has 0 aromatic carbocycles. The number of pyridine rings is 1. The van der Waals surface area contributed by atoms with Crippen LogP contribution in [0.2, 0.25) is 0 Å². The van der Waals surface area contributed by atoms with Crippen LogP contribution < -0.4 is 15.2 Å². The lowest BCUT2D eigenvalue weighted by atomic mass is 10.1. The van der Waals surface area contributed by atoms with Crippen LogP contribution in [0.4, 0.5) is 0 Å². The molecule has 1 aromatic heterocycles. The van der Waals surface area contributed by atoms with Gasteiger partial charge in [-0.15, -0.1) is 12.3 Å². The molecule has 5 atom stereocenters. The third kappa shape index (κ3) is 6.09. The van der Waals surface area contributed by atoms with Crippen molar-refractivity contribution in [2.24, 2.45) is 5.73 Å². The highest BCUT2D eigenvalue weighted by molar-refractivity contribution is 7.44. The number of carbonyl (C=O) groups is 1. The molecule has 4 N–H and O–H groups in total. The maximum Gasteiger partial charge on any atom is 0.292 e. The van der Waals surface area contributed by atoms with Crippen LogP contribution in [-0.2, 0) is 18.6 Å². The van der Waals surface area contributed by atoms with Crippen LogP contribution in [0.15, 0.2) is 24.5 Å². The third-order valence-electron chi connectivity index (χ3n) is 3.89. The number of hydrogen-bond donors (Lipinski definition) is 3. The van der Waals surface area contributed by atoms with Crippen LogP contribution in [-0.4, -0.2) is 47.4 Å². The summed E-state index contributed by atoms with van der Waals surface area (Å²) in [4.78, 5) is 31.0. The predicted molar refractivity (Wildman–Crippen MR) is 88.7 cm³/mol. The van der Waals surface area contributed by atoms with E-state index < -0.39 is 44.9 Å². The lowest BCUT2D eigenvalue weighted by molar-refractivity contribution is -0.765. The number of carbonyl (C=O) groups excluding carboxylic acids is 1. The standard InChI is InChI=1S/C16H21N2O8P/c1-2-3-4-8-24-14-12(10-25-27(21,22)23)26-16(13(14)19)18-7-5-6-11(9-18)15(17)20/h1,5-7,9,12-14,16,19H,3-4,8,10H2,(H3-,17,20,21,22,23)/t12-,13-,14-,16-/m1/s1. The Balaban J connectivity index is 2.17. The second kappa shape index (κ2) is 9.39. The molecule has 0 aliphatic carbocycles. The van der Waals surface area contributed by atoms with Gasteiger partial charge in [0, 0.05) is 19.1 Å². The number of hydrogen-bond acceptors (Lipinski definition) is 7. The fourth-order valence-electron chi connectivity index (χ4n) is 2.66. The van der Waals surface area contributed by atoms with Gasteiger partial charge in [-0.3, -0.25) is 9.36 Å². The minimum Gasteiger partial charge on any atom is -0.756 e. The molecule has 0 spiro atoms. The Bertz CT molecular complexity index is 746. The zero-order valence-corrected chi connectivity index (χ0v) is 15.2. The van der Waals surface area contributed by atoms with E-state index in [-0.39, 0.29) is 12.2 Å². The maximum absolute atomic E-state index is 11.3. The fourth-order valence-corrected chi connectivity index (χ4v) is 3.00. The SMILES string of the molecule is C#CCCCO[C@H]1[C@@H](O)[C@H]([n+]2cccc(C(N)=O)c2)O[C@@H]1COP(=O)([O-])O. The normalized spacial score (nSPS) is 27.0. The predicted octanol–water partition coefficient (Wildman–Crippen LogP) is -1.39. The van der Waals surface area contributed by atoms with Crippen molar-refractivity contribution in [2.45, 2.75) is 37.4 Å². The first kappa shape index (κ1) is 21.5. The molecule has 0 bridgehead atoms. The fraction of sp³-hybridized carbons (Fsp3) is 0.500. The number of amides is 1. The smallest absolute Gasteiger partial charge is 0.292 e. The third-order valence-corrected chi connectivity index (χ3v) is 4.36. The van der Waals surface area contributed by atoms with Crippen molar-refractivity contribution in [2.75, 3.05) is 13.2 Å². The van der Waals surface area contributed by atoms with Gasteiger partial charge in [0.25, 0.3) is 20.0 Å². The van der Waals surface area contributed by atoms with E-state index in [4.69, 9.17) is 26.5 Å². The van der Waals surface area contributed by atoms with Gasteiger partial charge in [-0.05, 0) is 12.5 Å². The molecule has 27 heavy (non-hydrogen) atoms. The summed E-state index contributed by atoms with van der Waals surface area (Å²) in [6.07, 6.45) is 4.98. The van der Waals surface area contributed by atoms with Crippen molar-refractivity contribution in [3.8, 4) is 12.3 Å². The molecule has 148 valence electrons. The number of nitrogens with zero attached hydrogens (tertiary/aromatic N) is 1. The van der Waals surface area contributed by atoms with Gasteiger partial charge in [0.2, 0.25) is 0 Å². The highest BCUT2D eigenvalue weighted by Crippen LogP contribution is 2.34. The molecule has 1 aromatic rings. The van der Waals surface area contributed by atoms with E-state index in [9.17, 15) is 19.4 Å². The number of aromatic nitrogens is 1. The van der Waals surface area contributed by atoms with Crippen LogP contribution in [0.25, 0.3) is 0 Å². The van der Waals surface area contributed by atoms with Gasteiger partial charge in [-0.25, -0.2) is 0 Å². The first-order chi connectivity index (χ1) is 12.7. The molecule has 2 rings (SSSR count). The first-order valence-corrected chi connectivity index (χ1v) is 9.60. The molecular weight excluding hydrogens is 379 g/mol. The molecule has 1 amide bonds. The van der Waals surface area contributed by atoms with Gasteiger partial charge in [0.05, 0.1) is 6.61 Å². The quantitative estimate of drug-likeness (QED) is 0.198. The molecule has 0 radical (unpaired) electrons. The highest BCUT2D eigenvalue weighted by Gasteiger charge is 2.50. The number of phosphoric acid groups is 1. The van der Waals surface area contributed by atoms with Crippen LogP contribution in [0.3, 0.4) is 0 Å². The average Bonchev–Trinajstić information content (AvgIpc) is 2.92. The van der Waals surface area contributed by atoms with Crippen molar-refractivity contribution < 1.29 is 42.8 Å². The largest absolute Gasteiger partial charge is 0.756 e. The number of phosphoric ester groups is 1. The number of ether oxygens (including phenoxy) is 2. The summed E-state index contributed by atoms with van der Waals surface area (Å²) in [6.45, 7) is -0.348. The van der Waals surface area contributed by atoms with Crippen molar-refractivity contribution in [3.63, 3.8) is 0 Å². The summed E-state index contributed by atoms with van der Waals surface area (Å²) >= 11 is 0. The maximum atomic E-state index is 11.3. The van der Waals surface area contributed by atoms with Crippen molar-refractivity contribution in [3.05, 3.63) is 30.1 Å². The Morgan fingerprint density at radius 3 is 2.93 bits per heavy atom. The van der Waals surface area contributed by atoms with Crippen LogP contribution in [0, 0.1) is 12.3 Å². The molecule has 1 aliphatic heterocycles. The minimum absolute atomic E-state index is 0.193. The van der Waals surface area contributed by atoms with E-state index in [0.717, 1.165) is 0 Å². The molecular formula is C16H21N2O8P. The zero-order chi connectivity index (χ0) is 20.0. The first-order valence-electron chi connectivity index (χ1n) is 8.10. The molecule has 1 unspecified atom stereocenters. The lowest BCUT2D eigenvalue weighted by Crippen LogP contribution is -2.47. The Morgan fingerprint density at radius 2 is 2.30 bits per heavy atom. The van der Waals surface area contributed by atoms with Gasteiger partial charge in [-0.1, -0.05) is 0 Å². The summed E-state index contributed by atoms with van der Waals surface area (Å²) in [5.41, 5.74) is 5.44.